The van der Waals surface area contributed by atoms with Crippen molar-refractivity contribution in [3.8, 4) is 6.07 Å². The molecule has 16 heavy (non-hydrogen) atoms. The molecule has 4 heteroatoms. The van der Waals surface area contributed by atoms with Gasteiger partial charge in [0.15, 0.2) is 0 Å². The summed E-state index contributed by atoms with van der Waals surface area (Å²) < 4.78 is -0.774. The molecule has 0 aromatic carbocycles. The maximum Gasteiger partial charge on any atom is 0.206 e. The predicted molar refractivity (Wildman–Crippen MR) is 63.2 cm³/mol. The number of nitrogens with zero attached hydrogens (tertiary/aromatic N) is 3. The molecule has 0 aromatic rings. The fourth-order valence-corrected chi connectivity index (χ4v) is 1.67. The first-order valence-corrected chi connectivity index (χ1v) is 5.32. The van der Waals surface area contributed by atoms with Crippen LogP contribution >= 0.6 is 0 Å². The van der Waals surface area contributed by atoms with Gasteiger partial charge in [0.1, 0.15) is 12.3 Å². The lowest BCUT2D eigenvalue weighted by molar-refractivity contribution is -0.984. The Balaban J connectivity index is 3.26. The lowest BCUT2D eigenvalue weighted by Gasteiger charge is -2.57. The molecule has 1 rings (SSSR count). The smallest absolute Gasteiger partial charge is 0.206 e. The van der Waals surface area contributed by atoms with Gasteiger partial charge in [0, 0.05) is 13.8 Å². The van der Waals surface area contributed by atoms with Gasteiger partial charge in [-0.15, -0.1) is 0 Å². The second kappa shape index (κ2) is 3.62. The fraction of sp³-hybridized carbons (Fsp3) is 0.583. The van der Waals surface area contributed by atoms with E-state index in [1.165, 1.54) is 6.20 Å². The van der Waals surface area contributed by atoms with Crippen molar-refractivity contribution in [3.63, 3.8) is 0 Å². The van der Waals surface area contributed by atoms with E-state index in [1.54, 1.807) is 31.1 Å². The van der Waals surface area contributed by atoms with Crippen molar-refractivity contribution in [2.45, 2.75) is 45.7 Å². The highest BCUT2D eigenvalue weighted by Gasteiger charge is 2.45. The molecule has 0 bridgehead atoms. The van der Waals surface area contributed by atoms with Gasteiger partial charge in [-0.05, 0) is 32.9 Å². The second-order valence-electron chi connectivity index (χ2n) is 5.49. The van der Waals surface area contributed by atoms with Gasteiger partial charge in [0.25, 0.3) is 0 Å². The van der Waals surface area contributed by atoms with E-state index in [9.17, 15) is 5.21 Å². The van der Waals surface area contributed by atoms with Crippen molar-refractivity contribution < 1.29 is 4.76 Å². The minimum Gasteiger partial charge on any atom is -0.600 e. The molecular formula is C12H19N3O. The quantitative estimate of drug-likeness (QED) is 0.505. The molecule has 0 aromatic heterocycles. The van der Waals surface area contributed by atoms with E-state index < -0.39 is 10.3 Å². The molecule has 1 aliphatic heterocycles. The lowest BCUT2D eigenvalue weighted by atomic mass is 10.0. The van der Waals surface area contributed by atoms with E-state index in [0.29, 0.717) is 0 Å². The summed E-state index contributed by atoms with van der Waals surface area (Å²) in [5.74, 6) is 0. The average molecular weight is 221 g/mol. The van der Waals surface area contributed by atoms with E-state index in [2.05, 4.69) is 6.07 Å². The van der Waals surface area contributed by atoms with Crippen molar-refractivity contribution in [2.75, 3.05) is 0 Å². The molecule has 0 aliphatic carbocycles. The highest BCUT2D eigenvalue weighted by Crippen LogP contribution is 2.34. The zero-order valence-corrected chi connectivity index (χ0v) is 10.6. The van der Waals surface area contributed by atoms with Crippen LogP contribution in [0.3, 0.4) is 0 Å². The molecule has 0 N–H and O–H groups in total. The van der Waals surface area contributed by atoms with Crippen molar-refractivity contribution in [1.29, 1.82) is 5.26 Å². The van der Waals surface area contributed by atoms with Crippen LogP contribution in [0.25, 0.3) is 0 Å². The lowest BCUT2D eigenvalue weighted by Crippen LogP contribution is -2.66. The molecule has 88 valence electrons. The monoisotopic (exact) mass is 221 g/mol. The first kappa shape index (κ1) is 12.8. The number of nitriles is 1. The molecule has 1 unspecified atom stereocenters. The number of hydrogen-bond donors (Lipinski definition) is 0. The Morgan fingerprint density at radius 3 is 2.19 bits per heavy atom. The highest BCUT2D eigenvalue weighted by molar-refractivity contribution is 5.08. The molecule has 0 spiro atoms. The van der Waals surface area contributed by atoms with E-state index in [0.717, 1.165) is 0 Å². The molecule has 0 saturated heterocycles. The van der Waals surface area contributed by atoms with Gasteiger partial charge < -0.3 is 5.21 Å². The second-order valence-corrected chi connectivity index (χ2v) is 5.49. The number of hydrogen-bond acceptors (Lipinski definition) is 3. The van der Waals surface area contributed by atoms with Crippen LogP contribution in [0.15, 0.2) is 24.6 Å². The summed E-state index contributed by atoms with van der Waals surface area (Å²) in [5, 5.41) is 23.6. The van der Waals surface area contributed by atoms with Crippen LogP contribution in [0.1, 0.15) is 34.6 Å². The Morgan fingerprint density at radius 1 is 1.19 bits per heavy atom. The largest absolute Gasteiger partial charge is 0.600 e. The van der Waals surface area contributed by atoms with Crippen LogP contribution in [-0.4, -0.2) is 20.8 Å². The Morgan fingerprint density at radius 2 is 1.75 bits per heavy atom. The molecule has 1 atom stereocenters. The molecule has 0 fully saturated rings. The molecule has 0 radical (unpaired) electrons. The molecule has 1 heterocycles. The zero-order chi connectivity index (χ0) is 12.6. The van der Waals surface area contributed by atoms with Crippen molar-refractivity contribution in [2.24, 2.45) is 0 Å². The third-order valence-electron chi connectivity index (χ3n) is 2.71. The third-order valence-corrected chi connectivity index (χ3v) is 2.71. The number of quaternary nitrogens is 1. The molecule has 1 aliphatic rings. The first-order chi connectivity index (χ1) is 7.15. The summed E-state index contributed by atoms with van der Waals surface area (Å²) in [6.45, 7) is 9.17. The Hall–Kier alpha value is -1.31. The summed E-state index contributed by atoms with van der Waals surface area (Å²) in [5.41, 5.74) is -1.38. The van der Waals surface area contributed by atoms with E-state index in [4.69, 9.17) is 5.26 Å². The van der Waals surface area contributed by atoms with Crippen LogP contribution in [0.2, 0.25) is 0 Å². The van der Waals surface area contributed by atoms with Gasteiger partial charge in [-0.1, -0.05) is 0 Å². The first-order valence-electron chi connectivity index (χ1n) is 5.32. The standard InChI is InChI=1S/C12H19N3O/c1-11(2,3)14-8-6-7-9-15(14,16)12(4,5)10-13/h6-9H,1-5H3. The summed E-state index contributed by atoms with van der Waals surface area (Å²) in [6, 6.07) is 2.09. The molecule has 4 nitrogen and oxygen atoms in total. The number of hydroxylamine groups is 2. The average Bonchev–Trinajstić information content (AvgIpc) is 2.16. The summed E-state index contributed by atoms with van der Waals surface area (Å²) in [4.78, 5) is 0. The van der Waals surface area contributed by atoms with Gasteiger partial charge in [-0.25, -0.2) is 9.76 Å². The maximum absolute atomic E-state index is 12.9. The summed E-state index contributed by atoms with van der Waals surface area (Å²) >= 11 is 0. The Labute approximate surface area is 97.2 Å². The maximum atomic E-state index is 12.9. The van der Waals surface area contributed by atoms with Gasteiger partial charge in [-0.3, -0.25) is 0 Å². The number of rotatable bonds is 1. The van der Waals surface area contributed by atoms with Crippen LogP contribution in [-0.2, 0) is 0 Å². The molecule has 0 amide bonds. The summed E-state index contributed by atoms with van der Waals surface area (Å²) in [6.07, 6.45) is 6.75. The van der Waals surface area contributed by atoms with E-state index in [1.807, 2.05) is 26.8 Å². The normalized spacial score (nSPS) is 25.7. The minimum absolute atomic E-state index is 0.336. The van der Waals surface area contributed by atoms with Gasteiger partial charge in [0.05, 0.1) is 11.7 Å². The van der Waals surface area contributed by atoms with Crippen LogP contribution in [0, 0.1) is 16.5 Å². The SMILES string of the molecule is CC(C)(C)N1C=CC=C[N+]1([O-])C(C)(C)C#N. The van der Waals surface area contributed by atoms with Crippen molar-refractivity contribution in [1.82, 2.24) is 5.01 Å². The van der Waals surface area contributed by atoms with Crippen molar-refractivity contribution >= 4 is 0 Å². The highest BCUT2D eigenvalue weighted by atomic mass is 16.6. The van der Waals surface area contributed by atoms with Crippen LogP contribution in [0.4, 0.5) is 0 Å². The van der Waals surface area contributed by atoms with Gasteiger partial charge >= 0.3 is 0 Å². The summed E-state index contributed by atoms with van der Waals surface area (Å²) in [7, 11) is 0. The molecular weight excluding hydrogens is 202 g/mol. The Bertz CT molecular complexity index is 371. The minimum atomic E-state index is -1.05. The van der Waals surface area contributed by atoms with Crippen molar-refractivity contribution in [3.05, 3.63) is 29.8 Å². The third kappa shape index (κ3) is 1.84. The van der Waals surface area contributed by atoms with Crippen LogP contribution < -0.4 is 0 Å². The Kier molecular flexibility index (Phi) is 2.88. The van der Waals surface area contributed by atoms with Gasteiger partial charge in [0.2, 0.25) is 5.54 Å². The van der Waals surface area contributed by atoms with Gasteiger partial charge in [-0.2, -0.15) is 5.26 Å². The zero-order valence-electron chi connectivity index (χ0n) is 10.6. The number of allylic oxidation sites excluding steroid dienone is 2. The fourth-order valence-electron chi connectivity index (χ4n) is 1.67. The molecule has 0 saturated carbocycles. The topological polar surface area (TPSA) is 50.1 Å². The van der Waals surface area contributed by atoms with E-state index >= 15 is 0 Å². The van der Waals surface area contributed by atoms with E-state index in [-0.39, 0.29) is 5.54 Å². The predicted octanol–water partition coefficient (Wildman–Crippen LogP) is 2.66. The van der Waals surface area contributed by atoms with Crippen LogP contribution in [0.5, 0.6) is 0 Å².